The van der Waals surface area contributed by atoms with Gasteiger partial charge in [-0.25, -0.2) is 0 Å². The van der Waals surface area contributed by atoms with E-state index in [0.717, 1.165) is 0 Å². The van der Waals surface area contributed by atoms with Crippen molar-refractivity contribution in [2.24, 2.45) is 0 Å². The van der Waals surface area contributed by atoms with Gasteiger partial charge in [-0.15, -0.1) is 0 Å². The number of hydrogen-bond acceptors (Lipinski definition) is 0. The van der Waals surface area contributed by atoms with Crippen molar-refractivity contribution in [3.8, 4) is 0 Å². The van der Waals surface area contributed by atoms with Gasteiger partial charge >= 0.3 is 21.1 Å². The molecule has 0 spiro atoms. The molecule has 0 rings (SSSR count). The minimum atomic E-state index is 0. The molecule has 0 saturated carbocycles. The summed E-state index contributed by atoms with van der Waals surface area (Å²) in [6, 6.07) is 0. The van der Waals surface area contributed by atoms with Crippen LogP contribution >= 0.6 is 0 Å². The van der Waals surface area contributed by atoms with Crippen LogP contribution in [0.25, 0.3) is 12.3 Å². The molecule has 0 aromatic heterocycles. The molecule has 0 aliphatic carbocycles. The van der Waals surface area contributed by atoms with Gasteiger partial charge < -0.3 is 27.2 Å². The van der Waals surface area contributed by atoms with E-state index in [9.17, 15) is 0 Å². The molecule has 2 nitrogen and oxygen atoms in total. The van der Waals surface area contributed by atoms with Crippen molar-refractivity contribution in [1.82, 2.24) is 0 Å². The van der Waals surface area contributed by atoms with E-state index in [-0.39, 0.29) is 115 Å². The summed E-state index contributed by atoms with van der Waals surface area (Å²) in [4.78, 5) is 0. The second kappa shape index (κ2) is 3060. The molecule has 0 saturated heterocycles. The molecule has 0 aromatic rings. The maximum Gasteiger partial charge on any atom is 4.00 e. The second-order valence-electron chi connectivity index (χ2n) is 0.707. The van der Waals surface area contributed by atoms with Crippen molar-refractivity contribution in [2.75, 3.05) is 0 Å². The smallest absolute Gasteiger partial charge is 0.693 e. The van der Waals surface area contributed by atoms with Gasteiger partial charge in [0.15, 0.2) is 0 Å². The summed E-state index contributed by atoms with van der Waals surface area (Å²) in [7, 11) is 0. The molecule has 21 heavy (non-hydrogen) atoms. The zero-order valence-corrected chi connectivity index (χ0v) is 12.5. The molecule has 0 aliphatic rings. The number of hydrogen-bond donors (Lipinski definition) is 0. The summed E-state index contributed by atoms with van der Waals surface area (Å²) in [6.45, 7) is 12.2. The topological polar surface area (TPSA) is 67.0 Å². The Labute approximate surface area is 163 Å². The van der Waals surface area contributed by atoms with Gasteiger partial charge in [-0.05, 0) is 0 Å². The Morgan fingerprint density at radius 2 is 0.429 bits per heavy atom. The van der Waals surface area contributed by atoms with Gasteiger partial charge in [0.2, 0.25) is 0 Å². The first-order valence-electron chi connectivity index (χ1n) is 3.41. The van der Waals surface area contributed by atoms with Crippen LogP contribution in [0.15, 0.2) is 0 Å². The van der Waals surface area contributed by atoms with E-state index in [1.54, 1.807) is 0 Å². The van der Waals surface area contributed by atoms with Gasteiger partial charge in [0.05, 0.1) is 0 Å². The molecular formula is C18H66N2Pt. The first-order valence-corrected chi connectivity index (χ1v) is 3.41. The summed E-state index contributed by atoms with van der Waals surface area (Å²) in [5, 5.41) is 0. The first-order chi connectivity index (χ1) is 3.41. The fourth-order valence-corrected chi connectivity index (χ4v) is 0. The SMILES string of the molecule is C.C.C.C.C.C.C.C.C.CC.CC.CCC.[CH3-].[CH3-].[NH2-].[NH2-].[Pt+4]. The van der Waals surface area contributed by atoms with Crippen molar-refractivity contribution >= 4 is 0 Å². The minimum Gasteiger partial charge on any atom is -0.693 e. The Kier molecular flexibility index (Phi) is 63000. The molecule has 0 atom stereocenters. The summed E-state index contributed by atoms with van der Waals surface area (Å²) >= 11 is 0. The standard InChI is InChI=1S/C3H8.2C2H6.9CH4.2CH3.2H2N.Pt/c1-3-2;2*1-2;;;;;;;;;;;;;;/h3H2,1-2H3;2*1-2H3;9*1H4;2*1H3;2*1H2;/q;;;;;;;;;;;;4*-1;+4. The van der Waals surface area contributed by atoms with E-state index in [1.807, 2.05) is 27.7 Å². The summed E-state index contributed by atoms with van der Waals surface area (Å²) in [6.07, 6.45) is 1.25. The summed E-state index contributed by atoms with van der Waals surface area (Å²) in [5.41, 5.74) is 0. The number of rotatable bonds is 0. The van der Waals surface area contributed by atoms with Crippen molar-refractivity contribution in [3.05, 3.63) is 27.2 Å². The molecule has 0 aliphatic heterocycles. The minimum absolute atomic E-state index is 0. The summed E-state index contributed by atoms with van der Waals surface area (Å²) in [5.74, 6) is 0. The third kappa shape index (κ3) is 19300. The van der Waals surface area contributed by atoms with Crippen LogP contribution < -0.4 is 0 Å². The summed E-state index contributed by atoms with van der Waals surface area (Å²) < 4.78 is 0. The van der Waals surface area contributed by atoms with E-state index >= 15 is 0 Å². The molecule has 3 heteroatoms. The predicted octanol–water partition coefficient (Wildman–Crippen LogP) is 11.5. The average molecular weight is 506 g/mol. The van der Waals surface area contributed by atoms with E-state index in [0.29, 0.717) is 0 Å². The van der Waals surface area contributed by atoms with Crippen LogP contribution in [0.1, 0.15) is 115 Å². The fraction of sp³-hybridized carbons (Fsp3) is 0.889. The van der Waals surface area contributed by atoms with Gasteiger partial charge in [-0.1, -0.05) is 115 Å². The molecule has 158 valence electrons. The quantitative estimate of drug-likeness (QED) is 0.294. The van der Waals surface area contributed by atoms with E-state index in [4.69, 9.17) is 0 Å². The predicted molar refractivity (Wildman–Crippen MR) is 123 cm³/mol. The molecule has 0 radical (unpaired) electrons. The zero-order valence-electron chi connectivity index (χ0n) is 10.2. The Bertz CT molecular complexity index is 15.2. The molecule has 4 N–H and O–H groups in total. The van der Waals surface area contributed by atoms with Crippen LogP contribution in [0.4, 0.5) is 0 Å². The normalized spacial score (nSPS) is 1.43. The third-order valence-electron chi connectivity index (χ3n) is 0. The Hall–Kier alpha value is 0.608. The van der Waals surface area contributed by atoms with Gasteiger partial charge in [-0.3, -0.25) is 0 Å². The van der Waals surface area contributed by atoms with Gasteiger partial charge in [0, 0.05) is 0 Å². The number of nitrogens with two attached hydrogens (primary N) is 2. The van der Waals surface area contributed by atoms with Gasteiger partial charge in [-0.2, -0.15) is 0 Å². The van der Waals surface area contributed by atoms with Crippen LogP contribution in [-0.4, -0.2) is 0 Å². The largest absolute Gasteiger partial charge is 4.00 e. The fourth-order valence-electron chi connectivity index (χ4n) is 0. The Balaban J connectivity index is -0.000000000577. The second-order valence-corrected chi connectivity index (χ2v) is 0.707. The van der Waals surface area contributed by atoms with Crippen molar-refractivity contribution < 1.29 is 21.1 Å². The van der Waals surface area contributed by atoms with Crippen LogP contribution in [0.3, 0.4) is 0 Å². The van der Waals surface area contributed by atoms with Crippen molar-refractivity contribution in [2.45, 2.75) is 115 Å². The zero-order chi connectivity index (χ0) is 6.71. The van der Waals surface area contributed by atoms with E-state index in [1.165, 1.54) is 6.42 Å². The van der Waals surface area contributed by atoms with Crippen LogP contribution in [0.2, 0.25) is 0 Å². The molecule has 0 heterocycles. The van der Waals surface area contributed by atoms with Crippen molar-refractivity contribution in [1.29, 1.82) is 0 Å². The average Bonchev–Trinajstić information content (AvgIpc) is 1.78. The molecular weight excluding hydrogens is 439 g/mol. The Morgan fingerprint density at radius 1 is 0.429 bits per heavy atom. The van der Waals surface area contributed by atoms with Crippen LogP contribution in [0, 0.1) is 14.9 Å². The molecule has 0 bridgehead atoms. The molecule has 0 fully saturated rings. The van der Waals surface area contributed by atoms with Crippen LogP contribution in [0.5, 0.6) is 0 Å². The molecule has 0 amide bonds. The van der Waals surface area contributed by atoms with E-state index < -0.39 is 0 Å². The maximum atomic E-state index is 2.12. The van der Waals surface area contributed by atoms with Gasteiger partial charge in [0.25, 0.3) is 0 Å². The van der Waals surface area contributed by atoms with Crippen molar-refractivity contribution in [3.63, 3.8) is 0 Å². The molecule has 0 unspecified atom stereocenters. The van der Waals surface area contributed by atoms with E-state index in [2.05, 4.69) is 13.8 Å². The first kappa shape index (κ1) is 432. The molecule has 0 aromatic carbocycles. The van der Waals surface area contributed by atoms with Crippen LogP contribution in [-0.2, 0) is 21.1 Å². The van der Waals surface area contributed by atoms with Gasteiger partial charge in [0.1, 0.15) is 0 Å². The monoisotopic (exact) mass is 505 g/mol. The Morgan fingerprint density at radius 3 is 0.429 bits per heavy atom. The maximum absolute atomic E-state index is 2.12. The third-order valence-corrected chi connectivity index (χ3v) is 0.